The highest BCUT2D eigenvalue weighted by Gasteiger charge is 2.29. The van der Waals surface area contributed by atoms with E-state index in [1.165, 1.54) is 7.11 Å². The number of carboxylic acids is 1. The van der Waals surface area contributed by atoms with E-state index in [1.807, 2.05) is 25.1 Å². The highest BCUT2D eigenvalue weighted by Crippen LogP contribution is 2.18. The van der Waals surface area contributed by atoms with E-state index >= 15 is 0 Å². The lowest BCUT2D eigenvalue weighted by atomic mass is 9.98. The lowest BCUT2D eigenvalue weighted by Gasteiger charge is -2.28. The number of aryl methyl sites for hydroxylation is 1. The zero-order chi connectivity index (χ0) is 16.0. The standard InChI is InChI=1S/C15H20BrNO4/c1-10-4-5-11(6-12(10)16)7-13(18)17-15(2,9-21-3)8-14(19)20/h4-6H,7-9H2,1-3H3,(H,17,18)(H,19,20). The first-order chi connectivity index (χ1) is 9.75. The van der Waals surface area contributed by atoms with Gasteiger partial charge in [0.15, 0.2) is 0 Å². The molecule has 0 saturated heterocycles. The summed E-state index contributed by atoms with van der Waals surface area (Å²) in [5.74, 6) is -1.21. The average molecular weight is 358 g/mol. The normalized spacial score (nSPS) is 13.5. The maximum absolute atomic E-state index is 12.1. The van der Waals surface area contributed by atoms with Crippen molar-refractivity contribution in [1.82, 2.24) is 5.32 Å². The van der Waals surface area contributed by atoms with Crippen LogP contribution in [0.3, 0.4) is 0 Å². The van der Waals surface area contributed by atoms with Gasteiger partial charge in [0, 0.05) is 11.6 Å². The second kappa shape index (κ2) is 7.56. The van der Waals surface area contributed by atoms with Crippen LogP contribution in [-0.2, 0) is 20.7 Å². The predicted molar refractivity (Wildman–Crippen MR) is 83.3 cm³/mol. The monoisotopic (exact) mass is 357 g/mol. The topological polar surface area (TPSA) is 75.6 Å². The van der Waals surface area contributed by atoms with Crippen molar-refractivity contribution in [3.05, 3.63) is 33.8 Å². The van der Waals surface area contributed by atoms with Crippen LogP contribution >= 0.6 is 15.9 Å². The van der Waals surface area contributed by atoms with Crippen LogP contribution in [0.2, 0.25) is 0 Å². The largest absolute Gasteiger partial charge is 0.481 e. The number of methoxy groups -OCH3 is 1. The molecule has 0 aliphatic carbocycles. The third-order valence-corrected chi connectivity index (χ3v) is 3.90. The predicted octanol–water partition coefficient (Wildman–Crippen LogP) is 2.30. The molecule has 0 heterocycles. The molecular weight excluding hydrogens is 338 g/mol. The third-order valence-electron chi connectivity index (χ3n) is 3.05. The number of ether oxygens (including phenoxy) is 1. The molecule has 1 atom stereocenters. The number of rotatable bonds is 7. The summed E-state index contributed by atoms with van der Waals surface area (Å²) in [7, 11) is 1.48. The van der Waals surface area contributed by atoms with Crippen molar-refractivity contribution in [1.29, 1.82) is 0 Å². The average Bonchev–Trinajstić information content (AvgIpc) is 2.32. The van der Waals surface area contributed by atoms with Gasteiger partial charge in [-0.1, -0.05) is 28.1 Å². The van der Waals surface area contributed by atoms with Gasteiger partial charge in [-0.15, -0.1) is 0 Å². The quantitative estimate of drug-likeness (QED) is 0.784. The Labute approximate surface area is 132 Å². The highest BCUT2D eigenvalue weighted by molar-refractivity contribution is 9.10. The Morgan fingerprint density at radius 1 is 1.43 bits per heavy atom. The van der Waals surface area contributed by atoms with Gasteiger partial charge in [0.25, 0.3) is 0 Å². The van der Waals surface area contributed by atoms with Crippen LogP contribution in [-0.4, -0.2) is 36.2 Å². The molecule has 1 unspecified atom stereocenters. The number of halogens is 1. The van der Waals surface area contributed by atoms with Gasteiger partial charge in [0.05, 0.1) is 25.0 Å². The van der Waals surface area contributed by atoms with Crippen LogP contribution in [0.15, 0.2) is 22.7 Å². The van der Waals surface area contributed by atoms with Crippen LogP contribution in [0, 0.1) is 6.92 Å². The van der Waals surface area contributed by atoms with E-state index in [2.05, 4.69) is 21.2 Å². The van der Waals surface area contributed by atoms with Crippen molar-refractivity contribution in [2.24, 2.45) is 0 Å². The smallest absolute Gasteiger partial charge is 0.305 e. The number of hydrogen-bond donors (Lipinski definition) is 2. The van der Waals surface area contributed by atoms with Gasteiger partial charge in [0.1, 0.15) is 0 Å². The fourth-order valence-corrected chi connectivity index (χ4v) is 2.52. The van der Waals surface area contributed by atoms with Gasteiger partial charge >= 0.3 is 5.97 Å². The molecule has 0 fully saturated rings. The van der Waals surface area contributed by atoms with Gasteiger partial charge in [-0.2, -0.15) is 0 Å². The number of benzene rings is 1. The molecule has 0 aliphatic heterocycles. The van der Waals surface area contributed by atoms with Gasteiger partial charge in [-0.25, -0.2) is 0 Å². The number of amides is 1. The zero-order valence-corrected chi connectivity index (χ0v) is 14.0. The summed E-state index contributed by atoms with van der Waals surface area (Å²) < 4.78 is 5.95. The lowest BCUT2D eigenvalue weighted by Crippen LogP contribution is -2.51. The summed E-state index contributed by atoms with van der Waals surface area (Å²) in [6.45, 7) is 3.77. The van der Waals surface area contributed by atoms with Crippen LogP contribution in [0.5, 0.6) is 0 Å². The molecular formula is C15H20BrNO4. The maximum Gasteiger partial charge on any atom is 0.305 e. The first-order valence-corrected chi connectivity index (χ1v) is 7.32. The molecule has 21 heavy (non-hydrogen) atoms. The minimum absolute atomic E-state index is 0.142. The molecule has 116 valence electrons. The van der Waals surface area contributed by atoms with Crippen LogP contribution in [0.1, 0.15) is 24.5 Å². The number of carbonyl (C=O) groups is 2. The van der Waals surface area contributed by atoms with Gasteiger partial charge in [-0.3, -0.25) is 9.59 Å². The molecule has 0 saturated carbocycles. The van der Waals surface area contributed by atoms with E-state index in [-0.39, 0.29) is 25.4 Å². The molecule has 6 heteroatoms. The van der Waals surface area contributed by atoms with Crippen LogP contribution < -0.4 is 5.32 Å². The Morgan fingerprint density at radius 3 is 2.62 bits per heavy atom. The summed E-state index contributed by atoms with van der Waals surface area (Å²) in [5, 5.41) is 11.7. The molecule has 1 rings (SSSR count). The third kappa shape index (κ3) is 5.85. The first kappa shape index (κ1) is 17.7. The Balaban J connectivity index is 2.73. The number of carboxylic acid groups (broad SMARTS) is 1. The molecule has 1 amide bonds. The fourth-order valence-electron chi connectivity index (χ4n) is 2.10. The van der Waals surface area contributed by atoms with E-state index in [0.29, 0.717) is 0 Å². The fraction of sp³-hybridized carbons (Fsp3) is 0.467. The van der Waals surface area contributed by atoms with Gasteiger partial charge < -0.3 is 15.2 Å². The van der Waals surface area contributed by atoms with Crippen molar-refractivity contribution < 1.29 is 19.4 Å². The number of carbonyl (C=O) groups excluding carboxylic acids is 1. The van der Waals surface area contributed by atoms with E-state index in [4.69, 9.17) is 9.84 Å². The molecule has 0 aliphatic rings. The number of aliphatic carboxylic acids is 1. The summed E-state index contributed by atoms with van der Waals surface area (Å²) in [6, 6.07) is 5.70. The van der Waals surface area contributed by atoms with Gasteiger partial charge in [-0.05, 0) is 31.0 Å². The molecule has 5 nitrogen and oxygen atoms in total. The molecule has 0 spiro atoms. The molecule has 0 aromatic heterocycles. The summed E-state index contributed by atoms with van der Waals surface area (Å²) in [5.41, 5.74) is 1.04. The minimum Gasteiger partial charge on any atom is -0.481 e. The van der Waals surface area contributed by atoms with Crippen molar-refractivity contribution >= 4 is 27.8 Å². The van der Waals surface area contributed by atoms with E-state index in [9.17, 15) is 9.59 Å². The Kier molecular flexibility index (Phi) is 6.36. The van der Waals surface area contributed by atoms with Crippen LogP contribution in [0.25, 0.3) is 0 Å². The summed E-state index contributed by atoms with van der Waals surface area (Å²) >= 11 is 3.43. The first-order valence-electron chi connectivity index (χ1n) is 6.52. The number of hydrogen-bond acceptors (Lipinski definition) is 3. The van der Waals surface area contributed by atoms with Crippen LogP contribution in [0.4, 0.5) is 0 Å². The van der Waals surface area contributed by atoms with Crippen molar-refractivity contribution in [3.63, 3.8) is 0 Å². The molecule has 0 bridgehead atoms. The van der Waals surface area contributed by atoms with E-state index < -0.39 is 11.5 Å². The molecule has 2 N–H and O–H groups in total. The lowest BCUT2D eigenvalue weighted by molar-refractivity contribution is -0.139. The zero-order valence-electron chi connectivity index (χ0n) is 12.4. The molecule has 1 aromatic carbocycles. The SMILES string of the molecule is COCC(C)(CC(=O)O)NC(=O)Cc1ccc(C)c(Br)c1. The highest BCUT2D eigenvalue weighted by atomic mass is 79.9. The second-order valence-corrected chi connectivity index (χ2v) is 6.23. The van der Waals surface area contributed by atoms with E-state index in [1.54, 1.807) is 6.92 Å². The van der Waals surface area contributed by atoms with Gasteiger partial charge in [0.2, 0.25) is 5.91 Å². The minimum atomic E-state index is -0.979. The Bertz CT molecular complexity index is 532. The summed E-state index contributed by atoms with van der Waals surface area (Å²) in [6.07, 6.45) is 0.00196. The molecule has 1 aromatic rings. The van der Waals surface area contributed by atoms with Crippen molar-refractivity contribution in [2.45, 2.75) is 32.2 Å². The van der Waals surface area contributed by atoms with Crippen molar-refractivity contribution in [2.75, 3.05) is 13.7 Å². The Morgan fingerprint density at radius 2 is 2.10 bits per heavy atom. The van der Waals surface area contributed by atoms with Crippen molar-refractivity contribution in [3.8, 4) is 0 Å². The second-order valence-electron chi connectivity index (χ2n) is 5.37. The molecule has 0 radical (unpaired) electrons. The Hall–Kier alpha value is -1.40. The van der Waals surface area contributed by atoms with E-state index in [0.717, 1.165) is 15.6 Å². The summed E-state index contributed by atoms with van der Waals surface area (Å²) in [4.78, 5) is 23.0. The number of nitrogens with one attached hydrogen (secondary N) is 1. The maximum atomic E-state index is 12.1.